The minimum absolute atomic E-state index is 0.0583. The van der Waals surface area contributed by atoms with Crippen molar-refractivity contribution in [3.63, 3.8) is 0 Å². The molecule has 3 aliphatic heterocycles. The van der Waals surface area contributed by atoms with Crippen LogP contribution in [0, 0.1) is 23.0 Å². The lowest BCUT2D eigenvalue weighted by molar-refractivity contribution is 0.135. The van der Waals surface area contributed by atoms with Gasteiger partial charge in [-0.15, -0.1) is 11.3 Å². The Morgan fingerprint density at radius 2 is 1.93 bits per heavy atom. The molecule has 2 saturated heterocycles. The first-order valence-electron chi connectivity index (χ1n) is 13.2. The number of nitrogens with two attached hydrogens (primary N) is 1. The fourth-order valence-electron chi connectivity index (χ4n) is 6.37. The second-order valence-electron chi connectivity index (χ2n) is 10.2. The number of nitrogens with zero attached hydrogens (tertiary/aromatic N) is 4. The number of halogens is 2. The first kappa shape index (κ1) is 25.3. The van der Waals surface area contributed by atoms with Crippen molar-refractivity contribution >= 4 is 43.1 Å². The third kappa shape index (κ3) is 3.72. The van der Waals surface area contributed by atoms with Crippen LogP contribution in [0.1, 0.15) is 29.5 Å². The Balaban J connectivity index is 1.54. The minimum atomic E-state index is -0.594. The van der Waals surface area contributed by atoms with Crippen molar-refractivity contribution in [2.24, 2.45) is 0 Å². The van der Waals surface area contributed by atoms with E-state index in [-0.39, 0.29) is 64.3 Å². The normalized spacial score (nSPS) is 19.9. The molecule has 206 valence electrons. The first-order valence-corrected chi connectivity index (χ1v) is 14.0. The van der Waals surface area contributed by atoms with Gasteiger partial charge in [0.05, 0.1) is 35.5 Å². The molecule has 0 amide bonds. The molecule has 2 bridgehead atoms. The standard InChI is InChI=1S/C28H26F2N6O3S/c1-37-6-7-39-28-34-24-22(27(35-28)36-13-2-3-14(36)10-33-9-13)18-12-38-11-17(18)20(23(24)30)15-4-5-19(29)25-21(15)16(8-31)26(32)40-25/h4-5,13-14,33H,2-3,6-7,9-12,32H2,1H3. The molecule has 0 radical (unpaired) electrons. The van der Waals surface area contributed by atoms with Gasteiger partial charge in [0.2, 0.25) is 0 Å². The summed E-state index contributed by atoms with van der Waals surface area (Å²) in [6.07, 6.45) is 2.01. The van der Waals surface area contributed by atoms with Crippen LogP contribution >= 0.6 is 11.3 Å². The zero-order chi connectivity index (χ0) is 27.5. The van der Waals surface area contributed by atoms with E-state index in [1.807, 2.05) is 0 Å². The molecule has 40 heavy (non-hydrogen) atoms. The molecular formula is C28H26F2N6O3S. The second kappa shape index (κ2) is 9.78. The molecule has 2 fully saturated rings. The molecule has 2 unspecified atom stereocenters. The number of nitrogens with one attached hydrogen (secondary N) is 1. The quantitative estimate of drug-likeness (QED) is 0.332. The SMILES string of the molecule is COCCOc1nc(N2C3CCC2CNC3)c2c3c(c(-c4ccc(F)c5sc(N)c(C#N)c45)c(F)c2n1)COC3. The van der Waals surface area contributed by atoms with E-state index in [4.69, 9.17) is 24.9 Å². The van der Waals surface area contributed by atoms with Gasteiger partial charge in [-0.1, -0.05) is 6.07 Å². The van der Waals surface area contributed by atoms with Crippen molar-refractivity contribution in [2.75, 3.05) is 44.0 Å². The van der Waals surface area contributed by atoms with Gasteiger partial charge in [-0.25, -0.2) is 8.78 Å². The van der Waals surface area contributed by atoms with E-state index in [2.05, 4.69) is 21.3 Å². The molecular weight excluding hydrogens is 538 g/mol. The van der Waals surface area contributed by atoms with Gasteiger partial charge >= 0.3 is 6.01 Å². The number of nitrogen functional groups attached to an aromatic ring is 1. The Bertz CT molecular complexity index is 1700. The average molecular weight is 565 g/mol. The number of benzene rings is 2. The summed E-state index contributed by atoms with van der Waals surface area (Å²) >= 11 is 0.980. The lowest BCUT2D eigenvalue weighted by Crippen LogP contribution is -2.52. The molecule has 3 N–H and O–H groups in total. The van der Waals surface area contributed by atoms with E-state index in [9.17, 15) is 9.65 Å². The zero-order valence-corrected chi connectivity index (χ0v) is 22.5. The molecule has 3 aliphatic rings. The number of thiophene rings is 1. The van der Waals surface area contributed by atoms with Gasteiger partial charge in [0.25, 0.3) is 0 Å². The van der Waals surface area contributed by atoms with E-state index in [0.29, 0.717) is 34.3 Å². The van der Waals surface area contributed by atoms with Crippen molar-refractivity contribution in [3.05, 3.63) is 40.5 Å². The Morgan fingerprint density at radius 1 is 1.15 bits per heavy atom. The second-order valence-corrected chi connectivity index (χ2v) is 11.3. The molecule has 7 rings (SSSR count). The Hall–Kier alpha value is -3.63. The Labute approximate surface area is 232 Å². The Morgan fingerprint density at radius 3 is 2.67 bits per heavy atom. The number of rotatable bonds is 6. The minimum Gasteiger partial charge on any atom is -0.461 e. The van der Waals surface area contributed by atoms with Gasteiger partial charge in [-0.05, 0) is 35.6 Å². The van der Waals surface area contributed by atoms with Crippen LogP contribution in [0.2, 0.25) is 0 Å². The van der Waals surface area contributed by atoms with E-state index < -0.39 is 11.6 Å². The van der Waals surface area contributed by atoms with Crippen molar-refractivity contribution in [1.82, 2.24) is 15.3 Å². The molecule has 0 aliphatic carbocycles. The van der Waals surface area contributed by atoms with Crippen LogP contribution in [0.5, 0.6) is 6.01 Å². The van der Waals surface area contributed by atoms with Gasteiger partial charge in [-0.2, -0.15) is 15.2 Å². The molecule has 5 heterocycles. The molecule has 2 atom stereocenters. The number of hydrogen-bond donors (Lipinski definition) is 2. The predicted octanol–water partition coefficient (Wildman–Crippen LogP) is 4.24. The summed E-state index contributed by atoms with van der Waals surface area (Å²) in [5.41, 5.74) is 8.37. The molecule has 0 spiro atoms. The van der Waals surface area contributed by atoms with E-state index >= 15 is 4.39 Å². The summed E-state index contributed by atoms with van der Waals surface area (Å²) in [5, 5.41) is 14.4. The molecule has 4 aromatic rings. The number of methoxy groups -OCH3 is 1. The van der Waals surface area contributed by atoms with Crippen molar-refractivity contribution in [2.45, 2.75) is 38.1 Å². The summed E-state index contributed by atoms with van der Waals surface area (Å²) in [7, 11) is 1.57. The highest BCUT2D eigenvalue weighted by molar-refractivity contribution is 7.23. The van der Waals surface area contributed by atoms with Gasteiger partial charge in [0, 0.05) is 43.2 Å². The molecule has 2 aromatic carbocycles. The highest BCUT2D eigenvalue weighted by Crippen LogP contribution is 2.48. The predicted molar refractivity (Wildman–Crippen MR) is 147 cm³/mol. The maximum atomic E-state index is 16.9. The lowest BCUT2D eigenvalue weighted by Gasteiger charge is -2.37. The number of hydrogen-bond acceptors (Lipinski definition) is 10. The van der Waals surface area contributed by atoms with Gasteiger partial charge in [-0.3, -0.25) is 0 Å². The van der Waals surface area contributed by atoms with E-state index in [1.54, 1.807) is 7.11 Å². The highest BCUT2D eigenvalue weighted by Gasteiger charge is 2.40. The van der Waals surface area contributed by atoms with Crippen molar-refractivity contribution in [1.29, 1.82) is 5.26 Å². The van der Waals surface area contributed by atoms with E-state index in [1.165, 1.54) is 12.1 Å². The van der Waals surface area contributed by atoms with Gasteiger partial charge in [0.1, 0.15) is 34.8 Å². The summed E-state index contributed by atoms with van der Waals surface area (Å²) in [6, 6.07) is 5.36. The topological polar surface area (TPSA) is 119 Å². The number of anilines is 2. The van der Waals surface area contributed by atoms with Crippen LogP contribution in [0.4, 0.5) is 19.6 Å². The first-order chi connectivity index (χ1) is 19.5. The highest BCUT2D eigenvalue weighted by atomic mass is 32.1. The third-order valence-electron chi connectivity index (χ3n) is 8.10. The molecule has 2 aromatic heterocycles. The molecule has 9 nitrogen and oxygen atoms in total. The average Bonchev–Trinajstić information content (AvgIpc) is 3.63. The monoisotopic (exact) mass is 564 g/mol. The lowest BCUT2D eigenvalue weighted by atomic mass is 9.90. The largest absolute Gasteiger partial charge is 0.461 e. The maximum Gasteiger partial charge on any atom is 0.319 e. The van der Waals surface area contributed by atoms with Crippen LogP contribution in [-0.2, 0) is 22.7 Å². The van der Waals surface area contributed by atoms with Crippen molar-refractivity contribution in [3.8, 4) is 23.2 Å². The number of aromatic nitrogens is 2. The zero-order valence-electron chi connectivity index (χ0n) is 21.7. The summed E-state index contributed by atoms with van der Waals surface area (Å²) in [6.45, 7) is 2.57. The van der Waals surface area contributed by atoms with Crippen LogP contribution in [0.3, 0.4) is 0 Å². The van der Waals surface area contributed by atoms with Gasteiger partial charge < -0.3 is 30.2 Å². The van der Waals surface area contributed by atoms with Crippen molar-refractivity contribution < 1.29 is 23.0 Å². The summed E-state index contributed by atoms with van der Waals surface area (Å²) < 4.78 is 48.8. The fraction of sp³-hybridized carbons (Fsp3) is 0.393. The van der Waals surface area contributed by atoms with Gasteiger partial charge in [0.15, 0.2) is 5.82 Å². The summed E-state index contributed by atoms with van der Waals surface area (Å²) in [5.74, 6) is -0.470. The van der Waals surface area contributed by atoms with Crippen LogP contribution in [0.15, 0.2) is 12.1 Å². The smallest absolute Gasteiger partial charge is 0.319 e. The third-order valence-corrected chi connectivity index (χ3v) is 9.13. The van der Waals surface area contributed by atoms with E-state index in [0.717, 1.165) is 42.8 Å². The Kier molecular flexibility index (Phi) is 6.20. The van der Waals surface area contributed by atoms with Crippen LogP contribution in [-0.4, -0.2) is 55.5 Å². The van der Waals surface area contributed by atoms with Crippen LogP contribution < -0.4 is 20.7 Å². The maximum absolute atomic E-state index is 16.9. The number of fused-ring (bicyclic) bond motifs is 6. The molecule has 0 saturated carbocycles. The van der Waals surface area contributed by atoms with Crippen LogP contribution in [0.25, 0.3) is 32.1 Å². The number of piperazine rings is 1. The number of ether oxygens (including phenoxy) is 3. The molecule has 12 heteroatoms. The summed E-state index contributed by atoms with van der Waals surface area (Å²) in [4.78, 5) is 11.7. The number of nitriles is 1. The fourth-order valence-corrected chi connectivity index (χ4v) is 7.32.